The van der Waals surface area contributed by atoms with Crippen molar-refractivity contribution in [2.45, 2.75) is 51.0 Å². The van der Waals surface area contributed by atoms with E-state index >= 15 is 0 Å². The molecule has 2 heterocycles. The van der Waals surface area contributed by atoms with Crippen molar-refractivity contribution in [2.75, 3.05) is 51.3 Å². The number of ether oxygens (including phenoxy) is 1. The fraction of sp³-hybridized carbons (Fsp3) is 0.679. The zero-order chi connectivity index (χ0) is 24.9. The summed E-state index contributed by atoms with van der Waals surface area (Å²) in [6, 6.07) is 7.35. The predicted octanol–water partition coefficient (Wildman–Crippen LogP) is 2.28. The summed E-state index contributed by atoms with van der Waals surface area (Å²) in [5.41, 5.74) is 0.800. The predicted molar refractivity (Wildman–Crippen MR) is 136 cm³/mol. The molecule has 1 aromatic rings. The fourth-order valence-electron chi connectivity index (χ4n) is 8.08. The highest BCUT2D eigenvalue weighted by Crippen LogP contribution is 2.60. The van der Waals surface area contributed by atoms with Gasteiger partial charge in [-0.3, -0.25) is 24.2 Å². The maximum absolute atomic E-state index is 13.4. The zero-order valence-corrected chi connectivity index (χ0v) is 21.3. The second-order valence-corrected chi connectivity index (χ2v) is 11.8. The minimum absolute atomic E-state index is 0.0297. The number of methoxy groups -OCH3 is 1. The van der Waals surface area contributed by atoms with Gasteiger partial charge in [0, 0.05) is 44.7 Å². The average molecular weight is 495 g/mol. The van der Waals surface area contributed by atoms with E-state index < -0.39 is 6.04 Å². The van der Waals surface area contributed by atoms with Crippen molar-refractivity contribution in [1.29, 1.82) is 0 Å². The van der Waals surface area contributed by atoms with E-state index in [1.165, 1.54) is 24.2 Å². The lowest BCUT2D eigenvalue weighted by Gasteiger charge is -2.55. The quantitative estimate of drug-likeness (QED) is 0.586. The molecule has 8 nitrogen and oxygen atoms in total. The van der Waals surface area contributed by atoms with Crippen LogP contribution in [0.1, 0.15) is 44.9 Å². The number of imide groups is 1. The number of hydrogen-bond acceptors (Lipinski definition) is 6. The van der Waals surface area contributed by atoms with E-state index in [-0.39, 0.29) is 29.6 Å². The highest BCUT2D eigenvalue weighted by atomic mass is 16.5. The first-order valence-electron chi connectivity index (χ1n) is 13.7. The van der Waals surface area contributed by atoms with Crippen molar-refractivity contribution in [3.8, 4) is 5.75 Å². The van der Waals surface area contributed by atoms with Gasteiger partial charge in [0.15, 0.2) is 0 Å². The lowest BCUT2D eigenvalue weighted by Crippen LogP contribution is -2.56. The van der Waals surface area contributed by atoms with E-state index in [4.69, 9.17) is 4.74 Å². The summed E-state index contributed by atoms with van der Waals surface area (Å²) in [6.45, 7) is 4.50. The normalized spacial score (nSPS) is 33.9. The third kappa shape index (κ3) is 4.27. The van der Waals surface area contributed by atoms with E-state index in [2.05, 4.69) is 21.2 Å². The van der Waals surface area contributed by atoms with E-state index in [9.17, 15) is 14.4 Å². The molecular formula is C28H38N4O4. The molecule has 1 N–H and O–H groups in total. The Hall–Kier alpha value is -2.61. The Morgan fingerprint density at radius 3 is 2.25 bits per heavy atom. The largest absolute Gasteiger partial charge is 0.495 e. The van der Waals surface area contributed by atoms with Crippen molar-refractivity contribution < 1.29 is 19.1 Å². The summed E-state index contributed by atoms with van der Waals surface area (Å²) in [5, 5.41) is 3.04. The van der Waals surface area contributed by atoms with Gasteiger partial charge in [0.2, 0.25) is 11.8 Å². The van der Waals surface area contributed by atoms with Crippen LogP contribution in [0.2, 0.25) is 0 Å². The molecule has 2 saturated heterocycles. The third-order valence-electron chi connectivity index (χ3n) is 9.51. The van der Waals surface area contributed by atoms with Crippen LogP contribution in [0, 0.1) is 23.2 Å². The zero-order valence-electron chi connectivity index (χ0n) is 21.3. The molecule has 0 radical (unpaired) electrons. The Balaban J connectivity index is 1.01. The van der Waals surface area contributed by atoms with Crippen LogP contribution in [0.15, 0.2) is 24.3 Å². The number of likely N-dealkylation sites (tertiary alicyclic amines) is 1. The monoisotopic (exact) mass is 494 g/mol. The maximum Gasteiger partial charge on any atom is 0.252 e. The number of hydrogen-bond donors (Lipinski definition) is 1. The minimum atomic E-state index is -0.694. The molecule has 0 spiro atoms. The first-order chi connectivity index (χ1) is 17.4. The Labute approximate surface area is 213 Å². The van der Waals surface area contributed by atoms with Gasteiger partial charge >= 0.3 is 0 Å². The van der Waals surface area contributed by atoms with E-state index in [0.717, 1.165) is 56.9 Å². The molecule has 2 aliphatic heterocycles. The van der Waals surface area contributed by atoms with Crippen molar-refractivity contribution >= 4 is 23.4 Å². The van der Waals surface area contributed by atoms with Gasteiger partial charge in [-0.2, -0.15) is 0 Å². The molecule has 3 amide bonds. The molecule has 1 aromatic carbocycles. The lowest BCUT2D eigenvalue weighted by molar-refractivity contribution is -0.149. The van der Waals surface area contributed by atoms with Gasteiger partial charge in [0.05, 0.1) is 19.2 Å². The summed E-state index contributed by atoms with van der Waals surface area (Å²) >= 11 is 0. The molecule has 4 aliphatic carbocycles. The molecule has 0 aromatic heterocycles. The van der Waals surface area contributed by atoms with Crippen LogP contribution in [0.3, 0.4) is 0 Å². The smallest absolute Gasteiger partial charge is 0.252 e. The number of piperazine rings is 1. The third-order valence-corrected chi connectivity index (χ3v) is 9.51. The second kappa shape index (κ2) is 9.36. The number of carbonyl (C=O) groups is 3. The van der Waals surface area contributed by atoms with Crippen molar-refractivity contribution in [2.24, 2.45) is 23.2 Å². The van der Waals surface area contributed by atoms with Crippen LogP contribution in [0.5, 0.6) is 5.75 Å². The molecule has 1 atom stereocenters. The lowest BCUT2D eigenvalue weighted by atomic mass is 9.49. The van der Waals surface area contributed by atoms with E-state index in [1.54, 1.807) is 7.11 Å². The van der Waals surface area contributed by atoms with Crippen LogP contribution in [0.4, 0.5) is 5.69 Å². The van der Waals surface area contributed by atoms with Crippen molar-refractivity contribution in [3.05, 3.63) is 24.3 Å². The molecule has 7 rings (SSSR count). The molecule has 194 valence electrons. The summed E-state index contributed by atoms with van der Waals surface area (Å²) in [6.07, 6.45) is 6.80. The fourth-order valence-corrected chi connectivity index (χ4v) is 8.08. The summed E-state index contributed by atoms with van der Waals surface area (Å²) in [5.74, 6) is 2.52. The SMILES string of the molecule is COc1ccccc1N1CCN(CCN2C(=O)CC(NC(=O)C34CC5CC(CC(C5)C3)C4)C2=O)CC1. The number of para-hydroxylation sites is 2. The second-order valence-electron chi connectivity index (χ2n) is 11.8. The van der Waals surface area contributed by atoms with Gasteiger partial charge in [-0.1, -0.05) is 12.1 Å². The van der Waals surface area contributed by atoms with Gasteiger partial charge in [-0.25, -0.2) is 0 Å². The van der Waals surface area contributed by atoms with Gasteiger partial charge in [0.1, 0.15) is 11.8 Å². The Morgan fingerprint density at radius 1 is 0.972 bits per heavy atom. The van der Waals surface area contributed by atoms with Gasteiger partial charge in [0.25, 0.3) is 5.91 Å². The highest BCUT2D eigenvalue weighted by Gasteiger charge is 2.55. The van der Waals surface area contributed by atoms with Crippen LogP contribution in [-0.2, 0) is 14.4 Å². The van der Waals surface area contributed by atoms with E-state index in [1.807, 2.05) is 18.2 Å². The summed E-state index contributed by atoms with van der Waals surface area (Å²) in [4.78, 5) is 45.2. The van der Waals surface area contributed by atoms with Crippen molar-refractivity contribution in [3.63, 3.8) is 0 Å². The van der Waals surface area contributed by atoms with Gasteiger partial charge in [-0.05, 0) is 68.4 Å². The Bertz CT molecular complexity index is 999. The number of nitrogens with one attached hydrogen (secondary N) is 1. The molecule has 4 bridgehead atoms. The standard InChI is InChI=1S/C28H38N4O4/c1-36-24-5-3-2-4-23(24)31-9-6-30(7-10-31)8-11-32-25(33)15-22(26(32)34)29-27(35)28-16-19-12-20(17-28)14-21(13-19)18-28/h2-5,19-22H,6-18H2,1H3,(H,29,35). The Kier molecular flexibility index (Phi) is 6.18. The molecule has 36 heavy (non-hydrogen) atoms. The summed E-state index contributed by atoms with van der Waals surface area (Å²) in [7, 11) is 1.69. The van der Waals surface area contributed by atoms with Crippen LogP contribution < -0.4 is 15.0 Å². The first kappa shape index (κ1) is 23.8. The molecule has 6 fully saturated rings. The molecule has 4 saturated carbocycles. The topological polar surface area (TPSA) is 82.2 Å². The van der Waals surface area contributed by atoms with E-state index in [0.29, 0.717) is 30.8 Å². The average Bonchev–Trinajstić information content (AvgIpc) is 3.14. The van der Waals surface area contributed by atoms with Crippen LogP contribution >= 0.6 is 0 Å². The molecule has 8 heteroatoms. The number of rotatable bonds is 7. The van der Waals surface area contributed by atoms with Crippen LogP contribution in [0.25, 0.3) is 0 Å². The molecular weight excluding hydrogens is 456 g/mol. The highest BCUT2D eigenvalue weighted by molar-refractivity contribution is 6.07. The minimum Gasteiger partial charge on any atom is -0.495 e. The Morgan fingerprint density at radius 2 is 1.61 bits per heavy atom. The van der Waals surface area contributed by atoms with Gasteiger partial charge < -0.3 is 15.0 Å². The number of carbonyl (C=O) groups excluding carboxylic acids is 3. The van der Waals surface area contributed by atoms with Gasteiger partial charge in [-0.15, -0.1) is 0 Å². The van der Waals surface area contributed by atoms with Crippen LogP contribution in [-0.4, -0.2) is 79.9 Å². The first-order valence-corrected chi connectivity index (χ1v) is 13.7. The molecule has 6 aliphatic rings. The maximum atomic E-state index is 13.4. The number of amides is 3. The number of nitrogens with zero attached hydrogens (tertiary/aromatic N) is 3. The van der Waals surface area contributed by atoms with Crippen molar-refractivity contribution in [1.82, 2.24) is 15.1 Å². The number of anilines is 1. The number of benzene rings is 1. The summed E-state index contributed by atoms with van der Waals surface area (Å²) < 4.78 is 5.50. The molecule has 1 unspecified atom stereocenters.